The van der Waals surface area contributed by atoms with Gasteiger partial charge in [-0.15, -0.1) is 0 Å². The maximum atomic E-state index is 5.86. The Labute approximate surface area is 102 Å². The lowest BCUT2D eigenvalue weighted by Crippen LogP contribution is -2.48. The Morgan fingerprint density at radius 2 is 2.00 bits per heavy atom. The lowest BCUT2D eigenvalue weighted by atomic mass is 9.94. The van der Waals surface area contributed by atoms with Crippen LogP contribution in [-0.4, -0.2) is 18.6 Å². The van der Waals surface area contributed by atoms with Crippen molar-refractivity contribution in [3.8, 4) is 0 Å². The molecule has 0 saturated carbocycles. The van der Waals surface area contributed by atoms with Gasteiger partial charge in [0.25, 0.3) is 0 Å². The van der Waals surface area contributed by atoms with Gasteiger partial charge in [0, 0.05) is 12.1 Å². The largest absolute Gasteiger partial charge is 0.329 e. The first kappa shape index (κ1) is 15.7. The molecule has 0 saturated heterocycles. The van der Waals surface area contributed by atoms with Gasteiger partial charge in [-0.1, -0.05) is 44.8 Å². The minimum Gasteiger partial charge on any atom is -0.329 e. The second-order valence-corrected chi connectivity index (χ2v) is 4.86. The van der Waals surface area contributed by atoms with E-state index in [0.717, 1.165) is 19.5 Å². The monoisotopic (exact) mass is 226 g/mol. The third kappa shape index (κ3) is 7.89. The second-order valence-electron chi connectivity index (χ2n) is 4.86. The number of unbranched alkanes of at least 4 members (excludes halogenated alkanes) is 3. The van der Waals surface area contributed by atoms with Crippen LogP contribution in [0.2, 0.25) is 0 Å². The van der Waals surface area contributed by atoms with Crippen LogP contribution in [0.5, 0.6) is 0 Å². The summed E-state index contributed by atoms with van der Waals surface area (Å²) in [6.07, 6.45) is 11.9. The van der Waals surface area contributed by atoms with Gasteiger partial charge in [-0.3, -0.25) is 0 Å². The van der Waals surface area contributed by atoms with Gasteiger partial charge in [0.1, 0.15) is 0 Å². The Morgan fingerprint density at radius 3 is 2.56 bits per heavy atom. The highest BCUT2D eigenvalue weighted by Gasteiger charge is 2.20. The third-order valence-electron chi connectivity index (χ3n) is 3.13. The highest BCUT2D eigenvalue weighted by atomic mass is 15.0. The van der Waals surface area contributed by atoms with Crippen LogP contribution < -0.4 is 11.1 Å². The van der Waals surface area contributed by atoms with Crippen molar-refractivity contribution >= 4 is 0 Å². The molecule has 0 fully saturated rings. The first-order chi connectivity index (χ1) is 7.68. The van der Waals surface area contributed by atoms with E-state index in [1.165, 1.54) is 32.1 Å². The van der Waals surface area contributed by atoms with Crippen molar-refractivity contribution in [2.75, 3.05) is 13.1 Å². The van der Waals surface area contributed by atoms with Crippen LogP contribution in [-0.2, 0) is 0 Å². The fourth-order valence-corrected chi connectivity index (χ4v) is 1.83. The molecule has 0 spiro atoms. The summed E-state index contributed by atoms with van der Waals surface area (Å²) >= 11 is 0. The maximum Gasteiger partial charge on any atom is 0.0275 e. The number of nitrogens with two attached hydrogens (primary N) is 1. The molecule has 0 aliphatic rings. The number of allylic oxidation sites excluding steroid dienone is 1. The van der Waals surface area contributed by atoms with Crippen LogP contribution in [0.15, 0.2) is 12.2 Å². The van der Waals surface area contributed by atoms with E-state index in [1.807, 2.05) is 0 Å². The van der Waals surface area contributed by atoms with Gasteiger partial charge in [0.05, 0.1) is 0 Å². The van der Waals surface area contributed by atoms with Crippen molar-refractivity contribution < 1.29 is 0 Å². The summed E-state index contributed by atoms with van der Waals surface area (Å²) in [5, 5.41) is 3.58. The Bertz CT molecular complexity index is 178. The van der Waals surface area contributed by atoms with E-state index >= 15 is 0 Å². The van der Waals surface area contributed by atoms with E-state index < -0.39 is 0 Å². The number of nitrogens with one attached hydrogen (secondary N) is 1. The summed E-state index contributed by atoms with van der Waals surface area (Å²) in [6, 6.07) is 0. The van der Waals surface area contributed by atoms with Crippen molar-refractivity contribution in [2.24, 2.45) is 5.73 Å². The summed E-state index contributed by atoms with van der Waals surface area (Å²) in [4.78, 5) is 0. The summed E-state index contributed by atoms with van der Waals surface area (Å²) in [7, 11) is 0. The molecule has 0 heterocycles. The van der Waals surface area contributed by atoms with Crippen LogP contribution in [0, 0.1) is 0 Å². The topological polar surface area (TPSA) is 38.0 Å². The number of hydrogen-bond acceptors (Lipinski definition) is 2. The predicted octanol–water partition coefficient (Wildman–Crippen LogP) is 3.23. The molecule has 0 aliphatic heterocycles. The van der Waals surface area contributed by atoms with Gasteiger partial charge in [-0.05, 0) is 33.2 Å². The lowest BCUT2D eigenvalue weighted by Gasteiger charge is -2.29. The number of rotatable bonds is 10. The summed E-state index contributed by atoms with van der Waals surface area (Å²) < 4.78 is 0. The minimum atomic E-state index is 0.134. The molecule has 0 aromatic carbocycles. The third-order valence-corrected chi connectivity index (χ3v) is 3.13. The molecule has 2 nitrogen and oxygen atoms in total. The first-order valence-corrected chi connectivity index (χ1v) is 6.74. The molecular formula is C14H30N2. The SMILES string of the molecule is C/C=C/CCNC(C)(CN)CCCCCC. The van der Waals surface area contributed by atoms with E-state index in [2.05, 4.69) is 38.2 Å². The van der Waals surface area contributed by atoms with Gasteiger partial charge >= 0.3 is 0 Å². The van der Waals surface area contributed by atoms with Gasteiger partial charge in [0.15, 0.2) is 0 Å². The summed E-state index contributed by atoms with van der Waals surface area (Å²) in [6.45, 7) is 8.32. The molecule has 0 aromatic heterocycles. The highest BCUT2D eigenvalue weighted by Crippen LogP contribution is 2.14. The normalized spacial score (nSPS) is 15.5. The molecule has 0 aliphatic carbocycles. The Kier molecular flexibility index (Phi) is 9.65. The average Bonchev–Trinajstić information content (AvgIpc) is 2.31. The zero-order valence-electron chi connectivity index (χ0n) is 11.4. The van der Waals surface area contributed by atoms with Crippen LogP contribution >= 0.6 is 0 Å². The minimum absolute atomic E-state index is 0.134. The quantitative estimate of drug-likeness (QED) is 0.443. The van der Waals surface area contributed by atoms with Crippen molar-refractivity contribution in [3.63, 3.8) is 0 Å². The molecule has 16 heavy (non-hydrogen) atoms. The smallest absolute Gasteiger partial charge is 0.0275 e. The van der Waals surface area contributed by atoms with E-state index in [9.17, 15) is 0 Å². The lowest BCUT2D eigenvalue weighted by molar-refractivity contribution is 0.329. The van der Waals surface area contributed by atoms with Crippen molar-refractivity contribution in [1.82, 2.24) is 5.32 Å². The molecule has 3 N–H and O–H groups in total. The standard InChI is InChI=1S/C14H30N2/c1-4-6-8-9-11-14(3,13-15)16-12-10-7-5-2/h5,7,16H,4,6,8-13,15H2,1-3H3/b7-5+. The van der Waals surface area contributed by atoms with Gasteiger partial charge in [0.2, 0.25) is 0 Å². The molecule has 96 valence electrons. The van der Waals surface area contributed by atoms with Gasteiger partial charge < -0.3 is 11.1 Å². The van der Waals surface area contributed by atoms with Crippen LogP contribution in [0.25, 0.3) is 0 Å². The number of hydrogen-bond donors (Lipinski definition) is 2. The Balaban J connectivity index is 3.72. The summed E-state index contributed by atoms with van der Waals surface area (Å²) in [5.74, 6) is 0. The summed E-state index contributed by atoms with van der Waals surface area (Å²) in [5.41, 5.74) is 5.99. The molecule has 0 amide bonds. The first-order valence-electron chi connectivity index (χ1n) is 6.74. The van der Waals surface area contributed by atoms with Gasteiger partial charge in [-0.2, -0.15) is 0 Å². The van der Waals surface area contributed by atoms with E-state index in [4.69, 9.17) is 5.73 Å². The molecule has 1 unspecified atom stereocenters. The van der Waals surface area contributed by atoms with E-state index in [0.29, 0.717) is 0 Å². The second kappa shape index (κ2) is 9.86. The van der Waals surface area contributed by atoms with Gasteiger partial charge in [-0.25, -0.2) is 0 Å². The Hall–Kier alpha value is -0.340. The maximum absolute atomic E-state index is 5.86. The van der Waals surface area contributed by atoms with Crippen LogP contribution in [0.3, 0.4) is 0 Å². The van der Waals surface area contributed by atoms with E-state index in [-0.39, 0.29) is 5.54 Å². The average molecular weight is 226 g/mol. The molecule has 1 atom stereocenters. The fraction of sp³-hybridized carbons (Fsp3) is 0.857. The van der Waals surface area contributed by atoms with Crippen molar-refractivity contribution in [3.05, 3.63) is 12.2 Å². The zero-order chi connectivity index (χ0) is 12.3. The van der Waals surface area contributed by atoms with Crippen LogP contribution in [0.4, 0.5) is 0 Å². The molecule has 0 radical (unpaired) electrons. The molecule has 2 heteroatoms. The van der Waals surface area contributed by atoms with Crippen LogP contribution in [0.1, 0.15) is 59.3 Å². The van der Waals surface area contributed by atoms with Crippen molar-refractivity contribution in [2.45, 2.75) is 64.8 Å². The molecular weight excluding hydrogens is 196 g/mol. The highest BCUT2D eigenvalue weighted by molar-refractivity contribution is 4.86. The Morgan fingerprint density at radius 1 is 1.25 bits per heavy atom. The molecule has 0 bridgehead atoms. The fourth-order valence-electron chi connectivity index (χ4n) is 1.83. The predicted molar refractivity (Wildman–Crippen MR) is 73.7 cm³/mol. The zero-order valence-corrected chi connectivity index (χ0v) is 11.4. The van der Waals surface area contributed by atoms with Crippen molar-refractivity contribution in [1.29, 1.82) is 0 Å². The molecule has 0 rings (SSSR count). The molecule has 0 aromatic rings. The van der Waals surface area contributed by atoms with E-state index in [1.54, 1.807) is 0 Å².